The number of rotatable bonds is 4. The van der Waals surface area contributed by atoms with Crippen molar-refractivity contribution in [2.75, 3.05) is 5.32 Å². The van der Waals surface area contributed by atoms with Crippen LogP contribution < -0.4 is 5.32 Å². The fourth-order valence-corrected chi connectivity index (χ4v) is 2.76. The largest absolute Gasteiger partial charge is 0.381 e. The molecule has 0 amide bonds. The number of nitrogens with one attached hydrogen (secondary N) is 2. The summed E-state index contributed by atoms with van der Waals surface area (Å²) in [4.78, 5) is 1.13. The summed E-state index contributed by atoms with van der Waals surface area (Å²) < 4.78 is 13.4. The minimum absolute atomic E-state index is 0.123. The summed E-state index contributed by atoms with van der Waals surface area (Å²) in [6, 6.07) is 8.69. The van der Waals surface area contributed by atoms with Crippen molar-refractivity contribution in [3.63, 3.8) is 0 Å². The maximum Gasteiger partial charge on any atom is 0.143 e. The Labute approximate surface area is 124 Å². The van der Waals surface area contributed by atoms with Crippen LogP contribution in [0.2, 0.25) is 5.02 Å². The Balaban J connectivity index is 1.76. The number of hydrogen-bond acceptors (Lipinski definition) is 3. The molecule has 3 rings (SSSR count). The first kappa shape index (κ1) is 13.1. The van der Waals surface area contributed by atoms with Gasteiger partial charge in [-0.15, -0.1) is 11.3 Å². The Bertz CT molecular complexity index is 709. The van der Waals surface area contributed by atoms with Crippen LogP contribution in [0, 0.1) is 5.82 Å². The molecule has 0 saturated heterocycles. The molecule has 0 radical (unpaired) electrons. The van der Waals surface area contributed by atoms with Gasteiger partial charge in [-0.3, -0.25) is 5.10 Å². The molecule has 0 fully saturated rings. The van der Waals surface area contributed by atoms with Crippen LogP contribution in [-0.2, 0) is 6.54 Å². The maximum atomic E-state index is 13.4. The Hall–Kier alpha value is -1.85. The molecule has 2 heterocycles. The van der Waals surface area contributed by atoms with Gasteiger partial charge in [-0.05, 0) is 29.6 Å². The highest BCUT2D eigenvalue weighted by atomic mass is 35.5. The third-order valence-corrected chi connectivity index (χ3v) is 4.08. The molecule has 6 heteroatoms. The Kier molecular flexibility index (Phi) is 3.71. The van der Waals surface area contributed by atoms with Gasteiger partial charge in [0.05, 0.1) is 21.8 Å². The monoisotopic (exact) mass is 307 g/mol. The Morgan fingerprint density at radius 2 is 2.25 bits per heavy atom. The van der Waals surface area contributed by atoms with Crippen LogP contribution in [0.25, 0.3) is 10.6 Å². The van der Waals surface area contributed by atoms with Gasteiger partial charge in [-0.25, -0.2) is 4.39 Å². The van der Waals surface area contributed by atoms with Crippen LogP contribution in [0.4, 0.5) is 10.1 Å². The van der Waals surface area contributed by atoms with E-state index in [2.05, 4.69) is 15.5 Å². The van der Waals surface area contributed by atoms with E-state index < -0.39 is 5.82 Å². The number of benzene rings is 1. The van der Waals surface area contributed by atoms with E-state index in [1.54, 1.807) is 23.6 Å². The van der Waals surface area contributed by atoms with Gasteiger partial charge in [0, 0.05) is 17.8 Å². The molecule has 3 aromatic rings. The number of hydrogen-bond donors (Lipinski definition) is 2. The normalized spacial score (nSPS) is 10.7. The maximum absolute atomic E-state index is 13.4. The number of anilines is 1. The summed E-state index contributed by atoms with van der Waals surface area (Å²) in [5.74, 6) is -0.428. The van der Waals surface area contributed by atoms with E-state index in [0.717, 1.165) is 16.1 Å². The van der Waals surface area contributed by atoms with Gasteiger partial charge >= 0.3 is 0 Å². The van der Waals surface area contributed by atoms with Crippen molar-refractivity contribution in [2.45, 2.75) is 6.54 Å². The number of nitrogens with zero attached hydrogens (tertiary/aromatic N) is 1. The first-order valence-electron chi connectivity index (χ1n) is 5.99. The molecule has 20 heavy (non-hydrogen) atoms. The van der Waals surface area contributed by atoms with Crippen molar-refractivity contribution in [3.8, 4) is 10.6 Å². The van der Waals surface area contributed by atoms with Gasteiger partial charge in [0.15, 0.2) is 0 Å². The van der Waals surface area contributed by atoms with Crippen LogP contribution in [0.5, 0.6) is 0 Å². The highest BCUT2D eigenvalue weighted by Gasteiger charge is 2.08. The summed E-state index contributed by atoms with van der Waals surface area (Å²) in [6.45, 7) is 0.560. The van der Waals surface area contributed by atoms with Crippen molar-refractivity contribution in [1.82, 2.24) is 10.2 Å². The number of aromatic amines is 1. The Morgan fingerprint density at radius 1 is 1.35 bits per heavy atom. The fraction of sp³-hybridized carbons (Fsp3) is 0.0714. The molecule has 2 aromatic heterocycles. The van der Waals surface area contributed by atoms with Crippen molar-refractivity contribution in [1.29, 1.82) is 0 Å². The zero-order valence-corrected chi connectivity index (χ0v) is 11.9. The van der Waals surface area contributed by atoms with E-state index >= 15 is 0 Å². The van der Waals surface area contributed by atoms with Gasteiger partial charge in [-0.1, -0.05) is 17.7 Å². The van der Waals surface area contributed by atoms with Crippen molar-refractivity contribution in [2.24, 2.45) is 0 Å². The standard InChI is InChI=1S/C14H11ClFN3S/c15-11-4-3-10(6-12(11)16)17-7-9-8-18-19-14(9)13-2-1-5-20-13/h1-6,8,17H,7H2,(H,18,19). The zero-order valence-electron chi connectivity index (χ0n) is 10.4. The second-order valence-corrected chi connectivity index (χ2v) is 5.58. The molecule has 0 aliphatic carbocycles. The summed E-state index contributed by atoms with van der Waals surface area (Å²) in [5, 5.41) is 12.4. The Morgan fingerprint density at radius 3 is 3.00 bits per heavy atom. The minimum Gasteiger partial charge on any atom is -0.381 e. The van der Waals surface area contributed by atoms with E-state index in [0.29, 0.717) is 12.2 Å². The quantitative estimate of drug-likeness (QED) is 0.743. The van der Waals surface area contributed by atoms with Crippen molar-refractivity contribution < 1.29 is 4.39 Å². The SMILES string of the molecule is Fc1cc(NCc2cn[nH]c2-c2cccs2)ccc1Cl. The number of thiophene rings is 1. The number of H-pyrrole nitrogens is 1. The summed E-state index contributed by atoms with van der Waals surface area (Å²) >= 11 is 7.30. The molecule has 0 bridgehead atoms. The molecule has 0 spiro atoms. The van der Waals surface area contributed by atoms with Crippen LogP contribution in [0.3, 0.4) is 0 Å². The van der Waals surface area contributed by atoms with Gasteiger partial charge in [0.2, 0.25) is 0 Å². The highest BCUT2D eigenvalue weighted by molar-refractivity contribution is 7.13. The molecule has 1 aromatic carbocycles. The van der Waals surface area contributed by atoms with E-state index in [1.165, 1.54) is 12.1 Å². The lowest BCUT2D eigenvalue weighted by Gasteiger charge is -2.07. The molecule has 2 N–H and O–H groups in total. The van der Waals surface area contributed by atoms with Crippen molar-refractivity contribution in [3.05, 3.63) is 58.3 Å². The average molecular weight is 308 g/mol. The third kappa shape index (κ3) is 2.69. The molecular formula is C14H11ClFN3S. The van der Waals surface area contributed by atoms with Crippen molar-refractivity contribution >= 4 is 28.6 Å². The first-order chi connectivity index (χ1) is 9.74. The van der Waals surface area contributed by atoms with E-state index in [-0.39, 0.29) is 5.02 Å². The molecule has 3 nitrogen and oxygen atoms in total. The zero-order chi connectivity index (χ0) is 13.9. The molecule has 0 atom stereocenters. The molecular weight excluding hydrogens is 297 g/mol. The lowest BCUT2D eigenvalue weighted by atomic mass is 10.2. The van der Waals surface area contributed by atoms with E-state index in [4.69, 9.17) is 11.6 Å². The molecule has 0 aliphatic rings. The van der Waals surface area contributed by atoms with Crippen LogP contribution in [0.1, 0.15) is 5.56 Å². The molecule has 102 valence electrons. The summed E-state index contributed by atoms with van der Waals surface area (Å²) in [7, 11) is 0. The first-order valence-corrected chi connectivity index (χ1v) is 7.25. The molecule has 0 aliphatic heterocycles. The third-order valence-electron chi connectivity index (χ3n) is 2.89. The lowest BCUT2D eigenvalue weighted by Crippen LogP contribution is -2.00. The summed E-state index contributed by atoms with van der Waals surface area (Å²) in [5.41, 5.74) is 2.70. The van der Waals surface area contributed by atoms with E-state index in [9.17, 15) is 4.39 Å². The molecule has 0 saturated carbocycles. The predicted molar refractivity (Wildman–Crippen MR) is 80.6 cm³/mol. The minimum atomic E-state index is -0.428. The smallest absolute Gasteiger partial charge is 0.143 e. The number of aromatic nitrogens is 2. The highest BCUT2D eigenvalue weighted by Crippen LogP contribution is 2.26. The van der Waals surface area contributed by atoms with Gasteiger partial charge < -0.3 is 5.32 Å². The summed E-state index contributed by atoms with van der Waals surface area (Å²) in [6.07, 6.45) is 1.77. The predicted octanol–water partition coefficient (Wildman–Crippen LogP) is 4.54. The topological polar surface area (TPSA) is 40.7 Å². The van der Waals surface area contributed by atoms with Gasteiger partial charge in [-0.2, -0.15) is 5.10 Å². The average Bonchev–Trinajstić information content (AvgIpc) is 3.09. The lowest BCUT2D eigenvalue weighted by molar-refractivity contribution is 0.628. The van der Waals surface area contributed by atoms with Crippen LogP contribution >= 0.6 is 22.9 Å². The van der Waals surface area contributed by atoms with Crippen LogP contribution in [0.15, 0.2) is 41.9 Å². The number of halogens is 2. The fourth-order valence-electron chi connectivity index (χ4n) is 1.88. The van der Waals surface area contributed by atoms with Gasteiger partial charge in [0.1, 0.15) is 5.82 Å². The van der Waals surface area contributed by atoms with Crippen LogP contribution in [-0.4, -0.2) is 10.2 Å². The second kappa shape index (κ2) is 5.64. The molecule has 0 unspecified atom stereocenters. The second-order valence-electron chi connectivity index (χ2n) is 4.23. The van der Waals surface area contributed by atoms with E-state index in [1.807, 2.05) is 17.5 Å². The van der Waals surface area contributed by atoms with Gasteiger partial charge in [0.25, 0.3) is 0 Å².